The van der Waals surface area contributed by atoms with Crippen LogP contribution in [-0.4, -0.2) is 37.0 Å². The van der Waals surface area contributed by atoms with Crippen LogP contribution in [0.25, 0.3) is 0 Å². The fraction of sp³-hybridized carbons (Fsp3) is 0.667. The summed E-state index contributed by atoms with van der Waals surface area (Å²) in [5.74, 6) is 1.68. The third kappa shape index (κ3) is 4.62. The lowest BCUT2D eigenvalue weighted by Gasteiger charge is -2.34. The Morgan fingerprint density at radius 3 is 2.79 bits per heavy atom. The summed E-state index contributed by atoms with van der Waals surface area (Å²) in [4.78, 5) is 15.1. The second-order valence-corrected chi connectivity index (χ2v) is 6.74. The third-order valence-electron chi connectivity index (χ3n) is 3.63. The van der Waals surface area contributed by atoms with Crippen LogP contribution < -0.4 is 5.32 Å². The van der Waals surface area contributed by atoms with Crippen molar-refractivity contribution in [2.75, 3.05) is 26.2 Å². The third-order valence-corrected chi connectivity index (χ3v) is 4.49. The highest BCUT2D eigenvalue weighted by molar-refractivity contribution is 7.12. The maximum atomic E-state index is 11.7. The van der Waals surface area contributed by atoms with E-state index in [0.717, 1.165) is 36.2 Å². The average Bonchev–Trinajstić information content (AvgIpc) is 2.87. The number of hydrogen-bond donors (Lipinski definition) is 1. The van der Waals surface area contributed by atoms with Gasteiger partial charge in [0.1, 0.15) is 0 Å². The molecule has 0 bridgehead atoms. The molecule has 2 atom stereocenters. The minimum Gasteiger partial charge on any atom is -0.351 e. The van der Waals surface area contributed by atoms with Gasteiger partial charge >= 0.3 is 0 Å². The van der Waals surface area contributed by atoms with Gasteiger partial charge in [0.15, 0.2) is 0 Å². The number of carbonyl (C=O) groups excluding carboxylic acids is 1. The summed E-state index contributed by atoms with van der Waals surface area (Å²) in [6.45, 7) is 8.96. The number of rotatable bonds is 5. The van der Waals surface area contributed by atoms with Crippen LogP contribution in [0.15, 0.2) is 17.5 Å². The summed E-state index contributed by atoms with van der Waals surface area (Å²) in [5.41, 5.74) is 0. The number of piperidine rings is 1. The van der Waals surface area contributed by atoms with E-state index in [0.29, 0.717) is 0 Å². The summed E-state index contributed by atoms with van der Waals surface area (Å²) < 4.78 is 0. The van der Waals surface area contributed by atoms with E-state index in [1.165, 1.54) is 30.8 Å². The maximum Gasteiger partial charge on any atom is 0.261 e. The molecule has 0 unspecified atom stereocenters. The van der Waals surface area contributed by atoms with Crippen molar-refractivity contribution in [2.45, 2.75) is 26.7 Å². The standard InChI is InChI=1S/C15H24N2OS/c1-12-9-13(2)11-17(10-12)7-4-6-16-15(18)14-5-3-8-19-14/h3,5,8,12-13H,4,6-7,9-11H2,1-2H3,(H,16,18)/t12-,13-/m0/s1. The van der Waals surface area contributed by atoms with Gasteiger partial charge in [0.2, 0.25) is 0 Å². The van der Waals surface area contributed by atoms with Crippen molar-refractivity contribution in [3.8, 4) is 0 Å². The molecule has 0 radical (unpaired) electrons. The van der Waals surface area contributed by atoms with Crippen molar-refractivity contribution in [1.82, 2.24) is 10.2 Å². The zero-order valence-electron chi connectivity index (χ0n) is 11.9. The van der Waals surface area contributed by atoms with E-state index in [-0.39, 0.29) is 5.91 Å². The van der Waals surface area contributed by atoms with E-state index in [1.54, 1.807) is 0 Å². The average molecular weight is 280 g/mol. The van der Waals surface area contributed by atoms with Gasteiger partial charge < -0.3 is 10.2 Å². The fourth-order valence-corrected chi connectivity index (χ4v) is 3.61. The predicted molar refractivity (Wildman–Crippen MR) is 80.7 cm³/mol. The number of thiophene rings is 1. The number of nitrogens with one attached hydrogen (secondary N) is 1. The van der Waals surface area contributed by atoms with E-state index < -0.39 is 0 Å². The molecular weight excluding hydrogens is 256 g/mol. The van der Waals surface area contributed by atoms with Crippen LogP contribution in [0.1, 0.15) is 36.4 Å². The van der Waals surface area contributed by atoms with Crippen LogP contribution in [0.3, 0.4) is 0 Å². The molecular formula is C15H24N2OS. The Morgan fingerprint density at radius 1 is 1.42 bits per heavy atom. The molecule has 2 rings (SSSR count). The Kier molecular flexibility index (Phi) is 5.40. The molecule has 1 saturated heterocycles. The van der Waals surface area contributed by atoms with Gasteiger partial charge in [0, 0.05) is 19.6 Å². The molecule has 1 aliphatic heterocycles. The number of hydrogen-bond acceptors (Lipinski definition) is 3. The van der Waals surface area contributed by atoms with Crippen LogP contribution in [0.2, 0.25) is 0 Å². The first-order valence-corrected chi connectivity index (χ1v) is 8.07. The quantitative estimate of drug-likeness (QED) is 0.841. The molecule has 1 N–H and O–H groups in total. The molecule has 1 aliphatic rings. The molecule has 0 spiro atoms. The van der Waals surface area contributed by atoms with Crippen molar-refractivity contribution in [1.29, 1.82) is 0 Å². The second-order valence-electron chi connectivity index (χ2n) is 5.79. The fourth-order valence-electron chi connectivity index (χ4n) is 2.97. The first kappa shape index (κ1) is 14.5. The summed E-state index contributed by atoms with van der Waals surface area (Å²) >= 11 is 1.50. The Morgan fingerprint density at radius 2 is 2.16 bits per heavy atom. The minimum absolute atomic E-state index is 0.0652. The van der Waals surface area contributed by atoms with Crippen molar-refractivity contribution in [3.63, 3.8) is 0 Å². The second kappa shape index (κ2) is 7.06. The van der Waals surface area contributed by atoms with Gasteiger partial charge in [-0.1, -0.05) is 19.9 Å². The zero-order valence-corrected chi connectivity index (χ0v) is 12.7. The van der Waals surface area contributed by atoms with Crippen LogP contribution in [0.4, 0.5) is 0 Å². The largest absolute Gasteiger partial charge is 0.351 e. The summed E-state index contributed by atoms with van der Waals surface area (Å²) in [6, 6.07) is 3.78. The molecule has 1 amide bonds. The topological polar surface area (TPSA) is 32.3 Å². The van der Waals surface area contributed by atoms with Crippen LogP contribution >= 0.6 is 11.3 Å². The number of likely N-dealkylation sites (tertiary alicyclic amines) is 1. The Labute approximate surface area is 120 Å². The maximum absolute atomic E-state index is 11.7. The molecule has 3 nitrogen and oxygen atoms in total. The van der Waals surface area contributed by atoms with Gasteiger partial charge in [-0.2, -0.15) is 0 Å². The molecule has 0 saturated carbocycles. The molecule has 0 aliphatic carbocycles. The first-order chi connectivity index (χ1) is 9.15. The van der Waals surface area contributed by atoms with Gasteiger partial charge in [-0.05, 0) is 42.7 Å². The molecule has 1 fully saturated rings. The van der Waals surface area contributed by atoms with Crippen LogP contribution in [0, 0.1) is 11.8 Å². The molecule has 19 heavy (non-hydrogen) atoms. The highest BCUT2D eigenvalue weighted by Crippen LogP contribution is 2.20. The SMILES string of the molecule is C[C@H]1C[C@H](C)CN(CCCNC(=O)c2cccs2)C1. The highest BCUT2D eigenvalue weighted by Gasteiger charge is 2.21. The van der Waals surface area contributed by atoms with E-state index in [2.05, 4.69) is 24.1 Å². The van der Waals surface area contributed by atoms with Crippen LogP contribution in [-0.2, 0) is 0 Å². The monoisotopic (exact) mass is 280 g/mol. The zero-order chi connectivity index (χ0) is 13.7. The predicted octanol–water partition coefficient (Wildman–Crippen LogP) is 2.85. The lowest BCUT2D eigenvalue weighted by molar-refractivity contribution is 0.0951. The Balaban J connectivity index is 1.63. The molecule has 1 aromatic rings. The Hall–Kier alpha value is -0.870. The van der Waals surface area contributed by atoms with Gasteiger partial charge in [0.25, 0.3) is 5.91 Å². The van der Waals surface area contributed by atoms with Gasteiger partial charge in [-0.25, -0.2) is 0 Å². The van der Waals surface area contributed by atoms with Crippen molar-refractivity contribution < 1.29 is 4.79 Å². The summed E-state index contributed by atoms with van der Waals surface area (Å²) in [7, 11) is 0. The molecule has 1 aromatic heterocycles. The molecule has 4 heteroatoms. The first-order valence-electron chi connectivity index (χ1n) is 7.19. The van der Waals surface area contributed by atoms with Crippen molar-refractivity contribution in [2.24, 2.45) is 11.8 Å². The highest BCUT2D eigenvalue weighted by atomic mass is 32.1. The van der Waals surface area contributed by atoms with E-state index >= 15 is 0 Å². The molecule has 2 heterocycles. The van der Waals surface area contributed by atoms with Gasteiger partial charge in [0.05, 0.1) is 4.88 Å². The van der Waals surface area contributed by atoms with Crippen molar-refractivity contribution >= 4 is 17.2 Å². The van der Waals surface area contributed by atoms with Gasteiger partial charge in [-0.3, -0.25) is 4.79 Å². The van der Waals surface area contributed by atoms with Gasteiger partial charge in [-0.15, -0.1) is 11.3 Å². The van der Waals surface area contributed by atoms with Crippen molar-refractivity contribution in [3.05, 3.63) is 22.4 Å². The number of carbonyl (C=O) groups is 1. The molecule has 106 valence electrons. The lowest BCUT2D eigenvalue weighted by Crippen LogP contribution is -2.40. The number of amides is 1. The smallest absolute Gasteiger partial charge is 0.261 e. The summed E-state index contributed by atoms with van der Waals surface area (Å²) in [5, 5.41) is 4.93. The van der Waals surface area contributed by atoms with E-state index in [9.17, 15) is 4.79 Å². The summed E-state index contributed by atoms with van der Waals surface area (Å²) in [6.07, 6.45) is 2.39. The molecule has 0 aromatic carbocycles. The van der Waals surface area contributed by atoms with Crippen LogP contribution in [0.5, 0.6) is 0 Å². The Bertz CT molecular complexity index is 381. The lowest BCUT2D eigenvalue weighted by atomic mass is 9.92. The normalized spacial score (nSPS) is 24.3. The minimum atomic E-state index is 0.0652. The van der Waals surface area contributed by atoms with E-state index in [1.807, 2.05) is 17.5 Å². The van der Waals surface area contributed by atoms with E-state index in [4.69, 9.17) is 0 Å². The number of nitrogens with zero attached hydrogens (tertiary/aromatic N) is 1.